The van der Waals surface area contributed by atoms with Gasteiger partial charge in [-0.1, -0.05) is 23.8 Å². The molecule has 1 atom stereocenters. The predicted octanol–water partition coefficient (Wildman–Crippen LogP) is 0.917. The first kappa shape index (κ1) is 24.0. The number of hydrogen-bond donors (Lipinski definition) is 1. The Bertz CT molecular complexity index is 997. The van der Waals surface area contributed by atoms with Crippen LogP contribution in [-0.2, 0) is 16.7 Å². The van der Waals surface area contributed by atoms with Crippen LogP contribution >= 0.6 is 11.8 Å². The molecule has 3 rings (SSSR count). The van der Waals surface area contributed by atoms with Crippen molar-refractivity contribution >= 4 is 29.2 Å². The zero-order valence-electron chi connectivity index (χ0n) is 17.6. The van der Waals surface area contributed by atoms with Gasteiger partial charge in [0.15, 0.2) is 23.0 Å². The van der Waals surface area contributed by atoms with Gasteiger partial charge in [-0.3, -0.25) is 14.3 Å². The van der Waals surface area contributed by atoms with Crippen molar-refractivity contribution in [1.82, 2.24) is 19.8 Å². The smallest absolute Gasteiger partial charge is 0.327 e. The first-order chi connectivity index (χ1) is 15.2. The largest absolute Gasteiger partial charge is 0.493 e. The molecule has 1 saturated heterocycles. The number of alkyl halides is 3. The first-order valence-corrected chi connectivity index (χ1v) is 10.7. The van der Waals surface area contributed by atoms with Crippen LogP contribution in [0.2, 0.25) is 0 Å². The minimum absolute atomic E-state index is 0.0247. The van der Waals surface area contributed by atoms with Crippen molar-refractivity contribution in [2.24, 2.45) is 7.05 Å². The maximum Gasteiger partial charge on any atom is 0.493 e. The summed E-state index contributed by atoms with van der Waals surface area (Å²) in [5, 5.41) is 4.20. The van der Waals surface area contributed by atoms with Crippen molar-refractivity contribution in [3.63, 3.8) is 0 Å². The van der Waals surface area contributed by atoms with Gasteiger partial charge in [0, 0.05) is 39.0 Å². The van der Waals surface area contributed by atoms with E-state index in [0.29, 0.717) is 31.9 Å². The molecule has 9 nitrogen and oxygen atoms in total. The Balaban J connectivity index is 2.16. The van der Waals surface area contributed by atoms with E-state index in [2.05, 4.69) is 28.7 Å². The number of hydroxylamine groups is 1. The molecule has 3 heterocycles. The van der Waals surface area contributed by atoms with Gasteiger partial charge in [-0.25, -0.2) is 9.78 Å². The summed E-state index contributed by atoms with van der Waals surface area (Å²) in [5.41, 5.74) is -0.457. The Morgan fingerprint density at radius 2 is 2.09 bits per heavy atom. The summed E-state index contributed by atoms with van der Waals surface area (Å²) in [6.45, 7) is 7.33. The molecule has 1 aromatic heterocycles. The van der Waals surface area contributed by atoms with Crippen molar-refractivity contribution in [3.05, 3.63) is 23.0 Å². The number of carbonyl (C=O) groups excluding carboxylic acids is 1. The van der Waals surface area contributed by atoms with E-state index in [-0.39, 0.29) is 23.2 Å². The van der Waals surface area contributed by atoms with Crippen LogP contribution < -0.4 is 20.8 Å². The maximum atomic E-state index is 13.2. The van der Waals surface area contributed by atoms with Crippen LogP contribution in [0.3, 0.4) is 0 Å². The van der Waals surface area contributed by atoms with E-state index in [1.165, 1.54) is 28.3 Å². The predicted molar refractivity (Wildman–Crippen MR) is 114 cm³/mol. The van der Waals surface area contributed by atoms with Crippen molar-refractivity contribution in [3.8, 4) is 11.8 Å². The minimum Gasteiger partial charge on any atom is -0.327 e. The Kier molecular flexibility index (Phi) is 7.37. The number of rotatable bonds is 6. The van der Waals surface area contributed by atoms with Gasteiger partial charge in [-0.05, 0) is 6.92 Å². The third kappa shape index (κ3) is 4.72. The SMILES string of the molecule is C=CCSc1nc2c(c(=O)n1C)N(CC#CC)C(N1CCNCC1)N2OC(=O)C(F)(F)F. The van der Waals surface area contributed by atoms with Crippen LogP contribution in [-0.4, -0.2) is 71.4 Å². The second kappa shape index (κ2) is 9.85. The molecule has 0 amide bonds. The van der Waals surface area contributed by atoms with Crippen LogP contribution in [0.4, 0.5) is 24.7 Å². The zero-order valence-corrected chi connectivity index (χ0v) is 18.4. The molecule has 1 unspecified atom stereocenters. The summed E-state index contributed by atoms with van der Waals surface area (Å²) in [4.78, 5) is 37.6. The van der Waals surface area contributed by atoms with Crippen LogP contribution in [0.1, 0.15) is 6.92 Å². The highest BCUT2D eigenvalue weighted by atomic mass is 32.2. The number of anilines is 2. The lowest BCUT2D eigenvalue weighted by Crippen LogP contribution is -2.61. The van der Waals surface area contributed by atoms with Crippen molar-refractivity contribution in [1.29, 1.82) is 0 Å². The Hall–Kier alpha value is -2.69. The van der Waals surface area contributed by atoms with E-state index in [0.717, 1.165) is 5.06 Å². The van der Waals surface area contributed by atoms with Gasteiger partial charge in [0.25, 0.3) is 5.56 Å². The average molecular weight is 472 g/mol. The summed E-state index contributed by atoms with van der Waals surface area (Å²) in [6.07, 6.45) is -4.61. The van der Waals surface area contributed by atoms with Crippen molar-refractivity contribution in [2.75, 3.05) is 48.4 Å². The number of aromatic nitrogens is 2. The number of nitrogens with zero attached hydrogens (tertiary/aromatic N) is 5. The van der Waals surface area contributed by atoms with Gasteiger partial charge >= 0.3 is 12.1 Å². The molecular weight excluding hydrogens is 449 g/mol. The number of halogens is 3. The summed E-state index contributed by atoms with van der Waals surface area (Å²) in [7, 11) is 1.52. The lowest BCUT2D eigenvalue weighted by Gasteiger charge is -2.40. The van der Waals surface area contributed by atoms with E-state index in [1.807, 2.05) is 4.90 Å². The fraction of sp³-hybridized carbons (Fsp3) is 0.526. The van der Waals surface area contributed by atoms with Crippen LogP contribution in [0.15, 0.2) is 22.6 Å². The fourth-order valence-corrected chi connectivity index (χ4v) is 4.09. The molecule has 1 N–H and O–H groups in total. The van der Waals surface area contributed by atoms with E-state index in [4.69, 9.17) is 4.84 Å². The van der Waals surface area contributed by atoms with E-state index < -0.39 is 24.0 Å². The average Bonchev–Trinajstić information content (AvgIpc) is 3.06. The number of piperazine rings is 1. The highest BCUT2D eigenvalue weighted by molar-refractivity contribution is 7.99. The Morgan fingerprint density at radius 1 is 1.41 bits per heavy atom. The van der Waals surface area contributed by atoms with Crippen LogP contribution in [0, 0.1) is 11.8 Å². The van der Waals surface area contributed by atoms with Gasteiger partial charge < -0.3 is 15.1 Å². The molecule has 0 saturated carbocycles. The lowest BCUT2D eigenvalue weighted by atomic mass is 10.3. The third-order valence-corrected chi connectivity index (χ3v) is 5.87. The van der Waals surface area contributed by atoms with Gasteiger partial charge in [-0.15, -0.1) is 17.6 Å². The standard InChI is InChI=1S/C19H23F3N6O3S/c1-4-6-9-27-13-14(24-17(32-12-5-2)25(3)15(13)29)28(31-16(30)19(20,21)22)18(27)26-10-7-23-8-11-26/h5,18,23H,2,7-12H2,1,3H3. The first-order valence-electron chi connectivity index (χ1n) is 9.74. The Morgan fingerprint density at radius 3 is 2.69 bits per heavy atom. The molecule has 0 aliphatic carbocycles. The van der Waals surface area contributed by atoms with Crippen molar-refractivity contribution < 1.29 is 22.8 Å². The van der Waals surface area contributed by atoms with E-state index in [9.17, 15) is 22.8 Å². The van der Waals surface area contributed by atoms with E-state index in [1.54, 1.807) is 13.0 Å². The van der Waals surface area contributed by atoms with E-state index >= 15 is 0 Å². The second-order valence-corrected chi connectivity index (χ2v) is 7.91. The quantitative estimate of drug-likeness (QED) is 0.281. The van der Waals surface area contributed by atoms with Gasteiger partial charge in [0.1, 0.15) is 0 Å². The fourth-order valence-electron chi connectivity index (χ4n) is 3.39. The second-order valence-electron chi connectivity index (χ2n) is 6.92. The van der Waals surface area contributed by atoms with Gasteiger partial charge in [0.2, 0.25) is 0 Å². The highest BCUT2D eigenvalue weighted by Gasteiger charge is 2.50. The molecule has 2 aliphatic rings. The van der Waals surface area contributed by atoms with Gasteiger partial charge in [-0.2, -0.15) is 13.2 Å². The molecule has 0 bridgehead atoms. The monoisotopic (exact) mass is 472 g/mol. The third-order valence-electron chi connectivity index (χ3n) is 4.84. The lowest BCUT2D eigenvalue weighted by molar-refractivity contribution is -0.203. The molecular formula is C19H23F3N6O3S. The molecule has 0 aromatic carbocycles. The Labute approximate surface area is 187 Å². The summed E-state index contributed by atoms with van der Waals surface area (Å²) < 4.78 is 40.5. The number of thioether (sulfide) groups is 1. The number of nitrogens with one attached hydrogen (secondary N) is 1. The topological polar surface area (TPSA) is 82.9 Å². The molecule has 1 fully saturated rings. The molecule has 1 aromatic rings. The van der Waals surface area contributed by atoms with Crippen molar-refractivity contribution in [2.45, 2.75) is 24.5 Å². The molecule has 174 valence electrons. The molecule has 13 heteroatoms. The summed E-state index contributed by atoms with van der Waals surface area (Å²) >= 11 is 1.18. The molecule has 32 heavy (non-hydrogen) atoms. The minimum atomic E-state index is -5.22. The maximum absolute atomic E-state index is 13.2. The van der Waals surface area contributed by atoms with Gasteiger partial charge in [0.05, 0.1) is 6.54 Å². The normalized spacial score (nSPS) is 18.7. The molecule has 0 radical (unpaired) electrons. The number of carbonyl (C=O) groups is 1. The van der Waals surface area contributed by atoms with Crippen LogP contribution in [0.5, 0.6) is 0 Å². The zero-order chi connectivity index (χ0) is 23.5. The summed E-state index contributed by atoms with van der Waals surface area (Å²) in [6, 6.07) is 0. The molecule has 2 aliphatic heterocycles. The number of hydrogen-bond acceptors (Lipinski definition) is 9. The number of fused-ring (bicyclic) bond motifs is 1. The molecule has 0 spiro atoms. The summed E-state index contributed by atoms with van der Waals surface area (Å²) in [5.74, 6) is 3.46. The highest BCUT2D eigenvalue weighted by Crippen LogP contribution is 2.39. The van der Waals surface area contributed by atoms with Crippen LogP contribution in [0.25, 0.3) is 0 Å².